The Morgan fingerprint density at radius 2 is 1.90 bits per heavy atom. The fraction of sp³-hybridized carbons (Fsp3) is 0.562. The third kappa shape index (κ3) is 2.80. The van der Waals surface area contributed by atoms with Crippen LogP contribution in [0.1, 0.15) is 12.0 Å². The summed E-state index contributed by atoms with van der Waals surface area (Å²) in [5.41, 5.74) is 1.19. The van der Waals surface area contributed by atoms with Crippen LogP contribution in [0.15, 0.2) is 24.3 Å². The van der Waals surface area contributed by atoms with Gasteiger partial charge in [0.25, 0.3) is 0 Å². The highest BCUT2D eigenvalue weighted by atomic mass is 16.5. The lowest BCUT2D eigenvalue weighted by molar-refractivity contribution is -0.130. The summed E-state index contributed by atoms with van der Waals surface area (Å²) in [6.07, 6.45) is 1.42. The Morgan fingerprint density at radius 3 is 2.50 bits per heavy atom. The van der Waals surface area contributed by atoms with E-state index in [2.05, 4.69) is 10.2 Å². The van der Waals surface area contributed by atoms with Crippen molar-refractivity contribution in [2.75, 3.05) is 33.3 Å². The zero-order chi connectivity index (χ0) is 13.9. The Balaban J connectivity index is 1.49. The molecule has 2 aliphatic heterocycles. The molecule has 2 atom stereocenters. The van der Waals surface area contributed by atoms with Gasteiger partial charge in [-0.1, -0.05) is 12.1 Å². The van der Waals surface area contributed by atoms with Crippen LogP contribution in [0.5, 0.6) is 5.75 Å². The van der Waals surface area contributed by atoms with Gasteiger partial charge in [0.1, 0.15) is 5.75 Å². The molecule has 1 aromatic rings. The fourth-order valence-corrected chi connectivity index (χ4v) is 3.26. The maximum atomic E-state index is 12.3. The molecule has 0 aromatic heterocycles. The van der Waals surface area contributed by atoms with Gasteiger partial charge in [0, 0.05) is 32.6 Å². The van der Waals surface area contributed by atoms with E-state index in [1.54, 1.807) is 7.11 Å². The summed E-state index contributed by atoms with van der Waals surface area (Å²) in [5.74, 6) is 2.52. The highest BCUT2D eigenvalue weighted by Gasteiger charge is 2.37. The average Bonchev–Trinajstić information content (AvgIpc) is 3.06. The highest BCUT2D eigenvalue weighted by molar-refractivity contribution is 5.76. The number of ether oxygens (including phenoxy) is 1. The van der Waals surface area contributed by atoms with Gasteiger partial charge in [0.05, 0.1) is 7.11 Å². The first-order valence-electron chi connectivity index (χ1n) is 7.37. The number of rotatable bonds is 4. The number of nitrogens with one attached hydrogen (secondary N) is 1. The van der Waals surface area contributed by atoms with Gasteiger partial charge in [-0.25, -0.2) is 0 Å². The maximum Gasteiger partial charge on any atom is 0.222 e. The van der Waals surface area contributed by atoms with Crippen molar-refractivity contribution in [1.29, 1.82) is 0 Å². The van der Waals surface area contributed by atoms with Gasteiger partial charge in [0.2, 0.25) is 5.91 Å². The van der Waals surface area contributed by atoms with Gasteiger partial charge in [-0.2, -0.15) is 0 Å². The van der Waals surface area contributed by atoms with Crippen LogP contribution in [-0.4, -0.2) is 44.1 Å². The van der Waals surface area contributed by atoms with Crippen LogP contribution < -0.4 is 10.1 Å². The third-order valence-electron chi connectivity index (χ3n) is 4.53. The lowest BCUT2D eigenvalue weighted by atomic mass is 10.0. The summed E-state index contributed by atoms with van der Waals surface area (Å²) in [7, 11) is 1.66. The van der Waals surface area contributed by atoms with Crippen molar-refractivity contribution in [2.24, 2.45) is 11.8 Å². The van der Waals surface area contributed by atoms with E-state index in [-0.39, 0.29) is 0 Å². The second-order valence-electron chi connectivity index (χ2n) is 5.83. The Hall–Kier alpha value is -1.55. The van der Waals surface area contributed by atoms with Gasteiger partial charge >= 0.3 is 0 Å². The van der Waals surface area contributed by atoms with E-state index in [1.165, 1.54) is 5.56 Å². The predicted octanol–water partition coefficient (Wildman–Crippen LogP) is 1.31. The molecule has 3 rings (SSSR count). The van der Waals surface area contributed by atoms with E-state index >= 15 is 0 Å². The highest BCUT2D eigenvalue weighted by Crippen LogP contribution is 2.26. The first kappa shape index (κ1) is 13.4. The standard InChI is InChI=1S/C16H22N2O2/c1-20-15-5-2-12(3-6-15)4-7-16(19)18-10-13-8-17-9-14(13)11-18/h2-3,5-6,13-14,17H,4,7-11H2,1H3. The molecule has 0 saturated carbocycles. The van der Waals surface area contributed by atoms with Crippen molar-refractivity contribution >= 4 is 5.91 Å². The molecule has 1 aromatic carbocycles. The molecule has 108 valence electrons. The molecule has 4 nitrogen and oxygen atoms in total. The molecule has 2 saturated heterocycles. The molecule has 0 bridgehead atoms. The van der Waals surface area contributed by atoms with Gasteiger partial charge in [-0.05, 0) is 36.0 Å². The van der Waals surface area contributed by atoms with Crippen LogP contribution in [0, 0.1) is 11.8 Å². The van der Waals surface area contributed by atoms with E-state index in [4.69, 9.17) is 4.74 Å². The summed E-state index contributed by atoms with van der Waals surface area (Å²) in [6, 6.07) is 7.97. The van der Waals surface area contributed by atoms with Gasteiger partial charge in [-0.3, -0.25) is 4.79 Å². The molecule has 2 unspecified atom stereocenters. The molecule has 1 amide bonds. The largest absolute Gasteiger partial charge is 0.497 e. The molecule has 0 spiro atoms. The number of aryl methyl sites for hydroxylation is 1. The smallest absolute Gasteiger partial charge is 0.222 e. The normalized spacial score (nSPS) is 24.8. The van der Waals surface area contributed by atoms with Crippen molar-refractivity contribution in [2.45, 2.75) is 12.8 Å². The van der Waals surface area contributed by atoms with E-state index in [1.807, 2.05) is 24.3 Å². The molecular weight excluding hydrogens is 252 g/mol. The van der Waals surface area contributed by atoms with Gasteiger partial charge in [0.15, 0.2) is 0 Å². The quantitative estimate of drug-likeness (QED) is 0.900. The molecule has 0 aliphatic carbocycles. The topological polar surface area (TPSA) is 41.6 Å². The van der Waals surface area contributed by atoms with E-state index in [0.717, 1.165) is 38.3 Å². The number of nitrogens with zero attached hydrogens (tertiary/aromatic N) is 1. The van der Waals surface area contributed by atoms with Crippen LogP contribution in [0.25, 0.3) is 0 Å². The minimum absolute atomic E-state index is 0.301. The van der Waals surface area contributed by atoms with Gasteiger partial charge in [-0.15, -0.1) is 0 Å². The molecule has 4 heteroatoms. The van der Waals surface area contributed by atoms with Crippen molar-refractivity contribution in [3.05, 3.63) is 29.8 Å². The second-order valence-corrected chi connectivity index (χ2v) is 5.83. The van der Waals surface area contributed by atoms with Crippen LogP contribution in [0.3, 0.4) is 0 Å². The summed E-state index contributed by atoms with van der Waals surface area (Å²) >= 11 is 0. The average molecular weight is 274 g/mol. The Kier molecular flexibility index (Phi) is 3.92. The number of amides is 1. The monoisotopic (exact) mass is 274 g/mol. The molecule has 1 N–H and O–H groups in total. The molecular formula is C16H22N2O2. The first-order chi connectivity index (χ1) is 9.76. The summed E-state index contributed by atoms with van der Waals surface area (Å²) in [6.45, 7) is 4.04. The molecule has 0 radical (unpaired) electrons. The lowest BCUT2D eigenvalue weighted by Crippen LogP contribution is -2.31. The fourth-order valence-electron chi connectivity index (χ4n) is 3.26. The summed E-state index contributed by atoms with van der Waals surface area (Å²) in [4.78, 5) is 14.3. The number of methoxy groups -OCH3 is 1. The number of benzene rings is 1. The number of likely N-dealkylation sites (tertiary alicyclic amines) is 1. The van der Waals surface area contributed by atoms with Crippen LogP contribution >= 0.6 is 0 Å². The lowest BCUT2D eigenvalue weighted by Gasteiger charge is -2.17. The third-order valence-corrected chi connectivity index (χ3v) is 4.53. The Labute approximate surface area is 120 Å². The zero-order valence-electron chi connectivity index (χ0n) is 12.0. The summed E-state index contributed by atoms with van der Waals surface area (Å²) < 4.78 is 5.14. The molecule has 20 heavy (non-hydrogen) atoms. The van der Waals surface area contributed by atoms with E-state index in [9.17, 15) is 4.79 Å². The zero-order valence-corrected chi connectivity index (χ0v) is 12.0. The van der Waals surface area contributed by atoms with Crippen molar-refractivity contribution < 1.29 is 9.53 Å². The second kappa shape index (κ2) is 5.83. The van der Waals surface area contributed by atoms with Crippen LogP contribution in [-0.2, 0) is 11.2 Å². The van der Waals surface area contributed by atoms with Crippen LogP contribution in [0.4, 0.5) is 0 Å². The summed E-state index contributed by atoms with van der Waals surface area (Å²) in [5, 5.41) is 3.40. The number of carbonyl (C=O) groups excluding carboxylic acids is 1. The van der Waals surface area contributed by atoms with Gasteiger partial charge < -0.3 is 15.0 Å². The molecule has 2 fully saturated rings. The minimum atomic E-state index is 0.301. The predicted molar refractivity (Wildman–Crippen MR) is 77.7 cm³/mol. The molecule has 2 aliphatic rings. The maximum absolute atomic E-state index is 12.3. The van der Waals surface area contributed by atoms with Crippen molar-refractivity contribution in [3.8, 4) is 5.75 Å². The van der Waals surface area contributed by atoms with E-state index in [0.29, 0.717) is 24.2 Å². The Bertz CT molecular complexity index is 460. The number of carbonyl (C=O) groups is 1. The number of fused-ring (bicyclic) bond motifs is 1. The van der Waals surface area contributed by atoms with E-state index < -0.39 is 0 Å². The number of hydrogen-bond acceptors (Lipinski definition) is 3. The van der Waals surface area contributed by atoms with Crippen molar-refractivity contribution in [3.63, 3.8) is 0 Å². The van der Waals surface area contributed by atoms with Crippen LogP contribution in [0.2, 0.25) is 0 Å². The van der Waals surface area contributed by atoms with Crippen molar-refractivity contribution in [1.82, 2.24) is 10.2 Å². The number of hydrogen-bond donors (Lipinski definition) is 1. The Morgan fingerprint density at radius 1 is 1.25 bits per heavy atom. The molecule has 2 heterocycles. The SMILES string of the molecule is COc1ccc(CCC(=O)N2CC3CNCC3C2)cc1. The first-order valence-corrected chi connectivity index (χ1v) is 7.37. The minimum Gasteiger partial charge on any atom is -0.497 e.